The molecule has 0 radical (unpaired) electrons. The van der Waals surface area contributed by atoms with E-state index in [4.69, 9.17) is 13.2 Å². The first-order valence-corrected chi connectivity index (χ1v) is 1.81. The summed E-state index contributed by atoms with van der Waals surface area (Å²) < 4.78 is 29.7. The van der Waals surface area contributed by atoms with Crippen molar-refractivity contribution in [2.45, 2.75) is 0 Å². The summed E-state index contributed by atoms with van der Waals surface area (Å²) in [5.74, 6) is 0. The van der Waals surface area contributed by atoms with Crippen molar-refractivity contribution in [3.63, 3.8) is 0 Å². The quantitative estimate of drug-likeness (QED) is 0.395. The third-order valence-electron chi connectivity index (χ3n) is 0.111. The Kier molecular flexibility index (Phi) is 24.1. The minimum atomic E-state index is 0.0625. The predicted octanol–water partition coefficient (Wildman–Crippen LogP) is -1.83. The Labute approximate surface area is 49.4 Å². The Bertz CT molecular complexity index is 47.7. The van der Waals surface area contributed by atoms with Gasteiger partial charge in [-0.25, -0.2) is 0 Å². The van der Waals surface area contributed by atoms with Crippen LogP contribution in [0.5, 0.6) is 0 Å². The average Bonchev–Trinajstić information content (AvgIpc) is 1.75. The Morgan fingerprint density at radius 1 is 1.14 bits per heavy atom. The molecule has 0 spiro atoms. The van der Waals surface area contributed by atoms with Crippen LogP contribution in [0.3, 0.4) is 0 Å². The molecule has 0 aliphatic carbocycles. The van der Waals surface area contributed by atoms with Gasteiger partial charge in [0, 0.05) is 0 Å². The molecule has 0 atom stereocenters. The van der Waals surface area contributed by atoms with Gasteiger partial charge in [-0.15, -0.1) is 0 Å². The van der Waals surface area contributed by atoms with Crippen molar-refractivity contribution >= 4 is 30.9 Å². The summed E-state index contributed by atoms with van der Waals surface area (Å²) >= 11 is 0.611. The molecule has 0 bridgehead atoms. The molecule has 0 aromatic heterocycles. The van der Waals surface area contributed by atoms with Crippen molar-refractivity contribution in [2.75, 3.05) is 0 Å². The zero-order valence-electron chi connectivity index (χ0n) is 3.49. The van der Waals surface area contributed by atoms with Crippen molar-refractivity contribution in [1.29, 1.82) is 0 Å². The Morgan fingerprint density at radius 3 is 1.43 bits per heavy atom. The van der Waals surface area contributed by atoms with E-state index in [9.17, 15) is 0 Å². The summed E-state index contributed by atoms with van der Waals surface area (Å²) in [6.45, 7) is 0. The topological polar surface area (TPSA) is 60.4 Å². The fourth-order valence-electron chi connectivity index (χ4n) is 0.0227. The molecule has 0 amide bonds. The van der Waals surface area contributed by atoms with E-state index in [-0.39, 0.29) is 14.7 Å². The third-order valence-corrected chi connectivity index (χ3v) is 0.111. The molecule has 0 aromatic carbocycles. The summed E-state index contributed by atoms with van der Waals surface area (Å²) in [6, 6.07) is 0. The molecule has 0 heterocycles. The van der Waals surface area contributed by atoms with E-state index in [1.165, 1.54) is 0 Å². The normalized spacial score (nSPS) is 3.29. The van der Waals surface area contributed by atoms with Crippen LogP contribution in [0.4, 0.5) is 0 Å². The molecular weight excluding hydrogens is 113 g/mol. The molecule has 0 rings (SSSR count). The number of rotatable bonds is 2. The summed E-state index contributed by atoms with van der Waals surface area (Å²) in [5.41, 5.74) is 0. The van der Waals surface area contributed by atoms with Gasteiger partial charge in [0.25, 0.3) is 0 Å². The average molecular weight is 114 g/mol. The number of hydrogen-bond donors (Lipinski definition) is 0. The van der Waals surface area contributed by atoms with E-state index in [2.05, 4.69) is 4.57 Å². The maximum atomic E-state index is 8.95. The van der Waals surface area contributed by atoms with E-state index >= 15 is 0 Å². The van der Waals surface area contributed by atoms with Crippen molar-refractivity contribution in [3.8, 4) is 0 Å². The minimum absolute atomic E-state index is 0.0625. The van der Waals surface area contributed by atoms with Gasteiger partial charge in [-0.2, -0.15) is 0 Å². The van der Waals surface area contributed by atoms with Crippen LogP contribution in [0.1, 0.15) is 0 Å². The molecule has 0 aromatic rings. The fraction of sp³-hybridized carbons (Fsp3) is 0. The maximum absolute atomic E-state index is 8.95. The summed E-state index contributed by atoms with van der Waals surface area (Å²) in [6.07, 6.45) is 0. The van der Waals surface area contributed by atoms with Crippen LogP contribution in [0, 0.1) is 0 Å². The van der Waals surface area contributed by atoms with Crippen LogP contribution in [0.25, 0.3) is 0 Å². The van der Waals surface area contributed by atoms with Crippen molar-refractivity contribution in [3.05, 3.63) is 0 Å². The van der Waals surface area contributed by atoms with Gasteiger partial charge in [-0.1, -0.05) is 0 Å². The van der Waals surface area contributed by atoms with Crippen LogP contribution < -0.4 is 0 Å². The van der Waals surface area contributed by atoms with Crippen LogP contribution in [0.2, 0.25) is 0 Å². The first-order valence-electron chi connectivity index (χ1n) is 1.23. The second-order valence-corrected chi connectivity index (χ2v) is 0.329. The van der Waals surface area contributed by atoms with E-state index in [0.29, 0.717) is 16.2 Å². The zero-order chi connectivity index (χ0) is 6.12. The van der Waals surface area contributed by atoms with Gasteiger partial charge in [0.2, 0.25) is 0 Å². The SMILES string of the molecule is O=BOB=O.[O]=[AlH]. The van der Waals surface area contributed by atoms with E-state index in [1.54, 1.807) is 0 Å². The van der Waals surface area contributed by atoms with Gasteiger partial charge in [-0.3, -0.25) is 0 Å². The molecule has 0 aliphatic rings. The molecule has 4 nitrogen and oxygen atoms in total. The molecule has 0 unspecified atom stereocenters. The molecule has 7 heavy (non-hydrogen) atoms. The molecule has 0 saturated carbocycles. The molecule has 0 N–H and O–H groups in total. The number of hydrogen-bond acceptors (Lipinski definition) is 4. The molecule has 7 heteroatoms. The molecule has 0 fully saturated rings. The van der Waals surface area contributed by atoms with Crippen LogP contribution in [-0.4, -0.2) is 30.9 Å². The summed E-state index contributed by atoms with van der Waals surface area (Å²) in [7, 11) is 0.125. The first kappa shape index (κ1) is 9.98. The van der Waals surface area contributed by atoms with E-state index in [0.717, 1.165) is 0 Å². The van der Waals surface area contributed by atoms with Crippen LogP contribution in [-0.2, 0) is 17.8 Å². The van der Waals surface area contributed by atoms with Gasteiger partial charge in [0.15, 0.2) is 0 Å². The van der Waals surface area contributed by atoms with Crippen LogP contribution >= 0.6 is 0 Å². The standard InChI is InChI=1S/Al.B2O3.O.H/c;3-1-5-2-4;;. The van der Waals surface area contributed by atoms with Crippen molar-refractivity contribution in [1.82, 2.24) is 0 Å². The van der Waals surface area contributed by atoms with Gasteiger partial charge in [0.1, 0.15) is 0 Å². The van der Waals surface area contributed by atoms with Gasteiger partial charge in [-0.05, 0) is 0 Å². The third kappa shape index (κ3) is 25.2. The Morgan fingerprint density at radius 2 is 1.43 bits per heavy atom. The summed E-state index contributed by atoms with van der Waals surface area (Å²) in [5, 5.41) is 0. The van der Waals surface area contributed by atoms with Gasteiger partial charge < -0.3 is 0 Å². The van der Waals surface area contributed by atoms with Gasteiger partial charge >= 0.3 is 48.7 Å². The summed E-state index contributed by atoms with van der Waals surface area (Å²) in [4.78, 5) is 0. The van der Waals surface area contributed by atoms with E-state index < -0.39 is 0 Å². The predicted molar refractivity (Wildman–Crippen MR) is 21.8 cm³/mol. The van der Waals surface area contributed by atoms with Crippen LogP contribution in [0.15, 0.2) is 0 Å². The zero-order valence-corrected chi connectivity index (χ0v) is 4.91. The molecule has 34 valence electrons. The molecule has 0 saturated heterocycles. The van der Waals surface area contributed by atoms with Gasteiger partial charge in [0.05, 0.1) is 0 Å². The Hall–Kier alpha value is -0.138. The first-order chi connectivity index (χ1) is 3.41. The Balaban J connectivity index is 0. The molecular formula is HAlB2O4. The molecule has 0 aliphatic heterocycles. The second kappa shape index (κ2) is 16.9. The monoisotopic (exact) mass is 114 g/mol. The fourth-order valence-corrected chi connectivity index (χ4v) is 0.0227. The van der Waals surface area contributed by atoms with Crippen molar-refractivity contribution < 1.29 is 17.8 Å². The second-order valence-electron chi connectivity index (χ2n) is 0.329. The van der Waals surface area contributed by atoms with E-state index in [1.807, 2.05) is 0 Å². The van der Waals surface area contributed by atoms with Crippen molar-refractivity contribution in [2.24, 2.45) is 0 Å².